The number of anilines is 1. The molecule has 0 aromatic heterocycles. The highest BCUT2D eigenvalue weighted by Gasteiger charge is 2.36. The van der Waals surface area contributed by atoms with Gasteiger partial charge in [-0.2, -0.15) is 0 Å². The number of carbonyl (C=O) groups excluding carboxylic acids is 3. The average Bonchev–Trinajstić information content (AvgIpc) is 2.94. The molecule has 0 bridgehead atoms. The lowest BCUT2D eigenvalue weighted by Gasteiger charge is -2.26. The molecule has 1 saturated heterocycles. The molecule has 1 aliphatic heterocycles. The highest BCUT2D eigenvalue weighted by molar-refractivity contribution is 6.39. The molecule has 0 saturated carbocycles. The standard InChI is InChI=1S/C32H34N2O6/c1-5-22(4)24-11-13-26(14-12-24)39-16-17-40-28-15-10-23(20-29(28)38-6-2)19-27-30(35)33-32(37)34(31(27)36)25-9-7-8-21(3)18-25/h7-15,18-20,22H,5-6,16-17H2,1-4H3,(H,33,35,37)/b27-19-/t22-/m0/s1. The Hall–Kier alpha value is -4.59. The lowest BCUT2D eigenvalue weighted by molar-refractivity contribution is -0.122. The first kappa shape index (κ1) is 28.4. The van der Waals surface area contributed by atoms with Gasteiger partial charge in [-0.1, -0.05) is 44.2 Å². The molecular weight excluding hydrogens is 508 g/mol. The van der Waals surface area contributed by atoms with E-state index in [0.29, 0.717) is 48.5 Å². The van der Waals surface area contributed by atoms with E-state index >= 15 is 0 Å². The zero-order chi connectivity index (χ0) is 28.6. The Morgan fingerprint density at radius 3 is 2.33 bits per heavy atom. The van der Waals surface area contributed by atoms with Crippen molar-refractivity contribution < 1.29 is 28.6 Å². The van der Waals surface area contributed by atoms with Crippen molar-refractivity contribution in [2.45, 2.75) is 40.0 Å². The van der Waals surface area contributed by atoms with E-state index in [1.165, 1.54) is 11.6 Å². The first-order chi connectivity index (χ1) is 19.3. The van der Waals surface area contributed by atoms with Crippen LogP contribution in [0.2, 0.25) is 0 Å². The molecule has 1 fully saturated rings. The quantitative estimate of drug-likeness (QED) is 0.181. The van der Waals surface area contributed by atoms with E-state index < -0.39 is 17.8 Å². The van der Waals surface area contributed by atoms with Gasteiger partial charge in [0.15, 0.2) is 11.5 Å². The number of nitrogens with zero attached hydrogens (tertiary/aromatic N) is 1. The van der Waals surface area contributed by atoms with Crippen LogP contribution in [-0.2, 0) is 9.59 Å². The van der Waals surface area contributed by atoms with E-state index in [9.17, 15) is 14.4 Å². The maximum absolute atomic E-state index is 13.2. The van der Waals surface area contributed by atoms with Gasteiger partial charge in [-0.15, -0.1) is 0 Å². The second kappa shape index (κ2) is 13.0. The van der Waals surface area contributed by atoms with Crippen LogP contribution < -0.4 is 24.4 Å². The van der Waals surface area contributed by atoms with Crippen molar-refractivity contribution in [3.05, 3.63) is 89.0 Å². The number of hydrogen-bond acceptors (Lipinski definition) is 6. The van der Waals surface area contributed by atoms with Gasteiger partial charge in [0.2, 0.25) is 0 Å². The summed E-state index contributed by atoms with van der Waals surface area (Å²) in [6.07, 6.45) is 2.52. The van der Waals surface area contributed by atoms with Crippen molar-refractivity contribution in [2.24, 2.45) is 0 Å². The van der Waals surface area contributed by atoms with Crippen LogP contribution in [0.3, 0.4) is 0 Å². The summed E-state index contributed by atoms with van der Waals surface area (Å²) >= 11 is 0. The number of nitrogens with one attached hydrogen (secondary N) is 1. The largest absolute Gasteiger partial charge is 0.490 e. The molecule has 8 heteroatoms. The van der Waals surface area contributed by atoms with Crippen molar-refractivity contribution in [3.8, 4) is 17.2 Å². The second-order valence-electron chi connectivity index (χ2n) is 9.51. The summed E-state index contributed by atoms with van der Waals surface area (Å²) in [5.74, 6) is 0.795. The van der Waals surface area contributed by atoms with Gasteiger partial charge < -0.3 is 14.2 Å². The lowest BCUT2D eigenvalue weighted by Crippen LogP contribution is -2.54. The molecule has 3 aromatic rings. The van der Waals surface area contributed by atoms with E-state index in [0.717, 1.165) is 22.6 Å². The van der Waals surface area contributed by atoms with E-state index in [-0.39, 0.29) is 5.57 Å². The maximum Gasteiger partial charge on any atom is 0.335 e. The molecule has 1 N–H and O–H groups in total. The number of rotatable bonds is 11. The van der Waals surface area contributed by atoms with E-state index in [1.807, 2.05) is 32.0 Å². The molecule has 1 aliphatic rings. The van der Waals surface area contributed by atoms with Crippen molar-refractivity contribution in [3.63, 3.8) is 0 Å². The molecule has 3 aromatic carbocycles. The Morgan fingerprint density at radius 1 is 0.875 bits per heavy atom. The molecule has 0 unspecified atom stereocenters. The van der Waals surface area contributed by atoms with Crippen LogP contribution in [0.4, 0.5) is 10.5 Å². The molecular formula is C32H34N2O6. The number of amides is 4. The third-order valence-electron chi connectivity index (χ3n) is 6.61. The molecule has 4 rings (SSSR count). The van der Waals surface area contributed by atoms with Gasteiger partial charge in [-0.3, -0.25) is 14.9 Å². The monoisotopic (exact) mass is 542 g/mol. The normalized spacial score (nSPS) is 15.2. The minimum Gasteiger partial charge on any atom is -0.490 e. The summed E-state index contributed by atoms with van der Waals surface area (Å²) in [4.78, 5) is 39.2. The van der Waals surface area contributed by atoms with Crippen LogP contribution in [0, 0.1) is 6.92 Å². The highest BCUT2D eigenvalue weighted by Crippen LogP contribution is 2.30. The molecule has 0 spiro atoms. The SMILES string of the molecule is CCOc1cc(/C=C2/C(=O)NC(=O)N(c3cccc(C)c3)C2=O)ccc1OCCOc1ccc([C@@H](C)CC)cc1. The first-order valence-corrected chi connectivity index (χ1v) is 13.4. The summed E-state index contributed by atoms with van der Waals surface area (Å²) in [6.45, 7) is 9.10. The summed E-state index contributed by atoms with van der Waals surface area (Å²) in [5, 5.41) is 2.25. The second-order valence-corrected chi connectivity index (χ2v) is 9.51. The highest BCUT2D eigenvalue weighted by atomic mass is 16.5. The predicted molar refractivity (Wildman–Crippen MR) is 154 cm³/mol. The molecule has 0 radical (unpaired) electrons. The number of benzene rings is 3. The van der Waals surface area contributed by atoms with Crippen LogP contribution in [0.5, 0.6) is 17.2 Å². The van der Waals surface area contributed by atoms with Crippen LogP contribution in [0.1, 0.15) is 49.8 Å². The average molecular weight is 543 g/mol. The summed E-state index contributed by atoms with van der Waals surface area (Å²) in [7, 11) is 0. The number of ether oxygens (including phenoxy) is 3. The van der Waals surface area contributed by atoms with Crippen molar-refractivity contribution in [1.82, 2.24) is 5.32 Å². The van der Waals surface area contributed by atoms with Crippen LogP contribution in [0.25, 0.3) is 6.08 Å². The van der Waals surface area contributed by atoms with Gasteiger partial charge in [0.1, 0.15) is 24.5 Å². The van der Waals surface area contributed by atoms with Gasteiger partial charge >= 0.3 is 6.03 Å². The van der Waals surface area contributed by atoms with Crippen molar-refractivity contribution in [2.75, 3.05) is 24.7 Å². The van der Waals surface area contributed by atoms with E-state index in [1.54, 1.807) is 36.4 Å². The number of urea groups is 1. The Morgan fingerprint density at radius 2 is 1.62 bits per heavy atom. The zero-order valence-corrected chi connectivity index (χ0v) is 23.2. The topological polar surface area (TPSA) is 94.2 Å². The minimum absolute atomic E-state index is 0.162. The molecule has 8 nitrogen and oxygen atoms in total. The third kappa shape index (κ3) is 6.69. The number of barbiturate groups is 1. The van der Waals surface area contributed by atoms with E-state index in [2.05, 4.69) is 31.3 Å². The van der Waals surface area contributed by atoms with Gasteiger partial charge in [0.25, 0.3) is 11.8 Å². The van der Waals surface area contributed by atoms with Crippen molar-refractivity contribution >= 4 is 29.6 Å². The van der Waals surface area contributed by atoms with Crippen LogP contribution in [0.15, 0.2) is 72.3 Å². The van der Waals surface area contributed by atoms with Crippen molar-refractivity contribution in [1.29, 1.82) is 0 Å². The smallest absolute Gasteiger partial charge is 0.335 e. The molecule has 40 heavy (non-hydrogen) atoms. The Bertz CT molecular complexity index is 1410. The fourth-order valence-corrected chi connectivity index (χ4v) is 4.27. The van der Waals surface area contributed by atoms with Gasteiger partial charge in [-0.05, 0) is 85.4 Å². The number of aryl methyl sites for hydroxylation is 1. The van der Waals surface area contributed by atoms with Gasteiger partial charge in [-0.25, -0.2) is 9.69 Å². The Balaban J connectivity index is 1.45. The lowest BCUT2D eigenvalue weighted by atomic mass is 9.99. The molecule has 1 atom stereocenters. The third-order valence-corrected chi connectivity index (χ3v) is 6.61. The van der Waals surface area contributed by atoms with E-state index in [4.69, 9.17) is 14.2 Å². The van der Waals surface area contributed by atoms with Crippen LogP contribution >= 0.6 is 0 Å². The summed E-state index contributed by atoms with van der Waals surface area (Å²) in [5.41, 5.74) is 2.93. The summed E-state index contributed by atoms with van der Waals surface area (Å²) < 4.78 is 17.5. The Labute approximate surface area is 234 Å². The molecule has 0 aliphatic carbocycles. The fraction of sp³-hybridized carbons (Fsp3) is 0.281. The summed E-state index contributed by atoms with van der Waals surface area (Å²) in [6, 6.07) is 19.4. The zero-order valence-electron chi connectivity index (χ0n) is 23.2. The van der Waals surface area contributed by atoms with Crippen LogP contribution in [-0.4, -0.2) is 37.7 Å². The molecule has 4 amide bonds. The first-order valence-electron chi connectivity index (χ1n) is 13.4. The fourth-order valence-electron chi connectivity index (χ4n) is 4.27. The number of imide groups is 2. The Kier molecular flexibility index (Phi) is 9.22. The van der Waals surface area contributed by atoms with Gasteiger partial charge in [0.05, 0.1) is 12.3 Å². The molecule has 1 heterocycles. The molecule has 208 valence electrons. The number of hydrogen-bond donors (Lipinski definition) is 1. The predicted octanol–water partition coefficient (Wildman–Crippen LogP) is 6.03. The minimum atomic E-state index is -0.787. The maximum atomic E-state index is 13.2. The van der Waals surface area contributed by atoms with Gasteiger partial charge in [0, 0.05) is 0 Å². The number of carbonyl (C=O) groups is 3.